The Labute approximate surface area is 115 Å². The summed E-state index contributed by atoms with van der Waals surface area (Å²) >= 11 is 0. The maximum atomic E-state index is 12.4. The van der Waals surface area contributed by atoms with E-state index in [2.05, 4.69) is 22.0 Å². The van der Waals surface area contributed by atoms with Crippen LogP contribution in [0.3, 0.4) is 0 Å². The minimum atomic E-state index is -4.65. The molecule has 0 radical (unpaired) electrons. The van der Waals surface area contributed by atoms with Gasteiger partial charge in [-0.05, 0) is 44.6 Å². The third kappa shape index (κ3) is 2.32. The van der Waals surface area contributed by atoms with Crippen LogP contribution in [-0.2, 0) is 5.41 Å². The Morgan fingerprint density at radius 1 is 1.25 bits per heavy atom. The Balaban J connectivity index is 1.93. The zero-order valence-electron chi connectivity index (χ0n) is 11.3. The number of benzene rings is 1. The number of ether oxygens (including phenoxy) is 1. The minimum Gasteiger partial charge on any atom is -0.404 e. The van der Waals surface area contributed by atoms with E-state index in [0.29, 0.717) is 12.2 Å². The molecule has 1 aromatic rings. The van der Waals surface area contributed by atoms with Crippen molar-refractivity contribution in [1.29, 1.82) is 0 Å². The van der Waals surface area contributed by atoms with Gasteiger partial charge in [-0.15, -0.1) is 13.2 Å². The number of nitrogens with one attached hydrogen (secondary N) is 1. The number of hydrogen-bond donors (Lipinski definition) is 1. The lowest BCUT2D eigenvalue weighted by Gasteiger charge is -2.37. The summed E-state index contributed by atoms with van der Waals surface area (Å²) in [5.41, 5.74) is 1.43. The van der Waals surface area contributed by atoms with Gasteiger partial charge in [-0.2, -0.15) is 0 Å². The highest BCUT2D eigenvalue weighted by Gasteiger charge is 2.43. The number of piperidine rings is 1. The molecule has 3 rings (SSSR count). The van der Waals surface area contributed by atoms with Gasteiger partial charge in [0.15, 0.2) is 5.75 Å². The van der Waals surface area contributed by atoms with Crippen molar-refractivity contribution >= 4 is 5.69 Å². The maximum absolute atomic E-state index is 12.4. The van der Waals surface area contributed by atoms with Gasteiger partial charge in [0.2, 0.25) is 0 Å². The molecule has 0 atom stereocenters. The lowest BCUT2D eigenvalue weighted by Crippen LogP contribution is -2.42. The molecule has 2 aliphatic rings. The van der Waals surface area contributed by atoms with Gasteiger partial charge in [-0.3, -0.25) is 0 Å². The number of fused-ring (bicyclic) bond motifs is 2. The Morgan fingerprint density at radius 3 is 2.60 bits per heavy atom. The second-order valence-corrected chi connectivity index (χ2v) is 5.66. The van der Waals surface area contributed by atoms with Gasteiger partial charge in [-0.25, -0.2) is 0 Å². The quantitative estimate of drug-likeness (QED) is 0.859. The van der Waals surface area contributed by atoms with Crippen molar-refractivity contribution in [1.82, 2.24) is 4.90 Å². The van der Waals surface area contributed by atoms with Crippen molar-refractivity contribution in [3.8, 4) is 5.75 Å². The van der Waals surface area contributed by atoms with Crippen LogP contribution in [0.15, 0.2) is 18.2 Å². The second-order valence-electron chi connectivity index (χ2n) is 5.66. The summed E-state index contributed by atoms with van der Waals surface area (Å²) in [4.78, 5) is 2.25. The van der Waals surface area contributed by atoms with E-state index < -0.39 is 6.36 Å². The highest BCUT2D eigenvalue weighted by atomic mass is 19.4. The number of hydrogen-bond acceptors (Lipinski definition) is 3. The van der Waals surface area contributed by atoms with Crippen LogP contribution >= 0.6 is 0 Å². The summed E-state index contributed by atoms with van der Waals surface area (Å²) in [6.45, 7) is 2.62. The molecule has 2 aliphatic heterocycles. The average molecular weight is 286 g/mol. The van der Waals surface area contributed by atoms with E-state index in [-0.39, 0.29) is 11.2 Å². The van der Waals surface area contributed by atoms with Crippen LogP contribution < -0.4 is 10.1 Å². The van der Waals surface area contributed by atoms with Crippen LogP contribution in [0.1, 0.15) is 18.4 Å². The first-order chi connectivity index (χ1) is 9.40. The fraction of sp³-hybridized carbons (Fsp3) is 0.571. The molecule has 110 valence electrons. The number of nitrogens with zero attached hydrogens (tertiary/aromatic N) is 1. The first-order valence-corrected chi connectivity index (χ1v) is 6.71. The van der Waals surface area contributed by atoms with Gasteiger partial charge >= 0.3 is 6.36 Å². The maximum Gasteiger partial charge on any atom is 0.573 e. The molecule has 0 unspecified atom stereocenters. The van der Waals surface area contributed by atoms with Crippen LogP contribution in [0.2, 0.25) is 0 Å². The summed E-state index contributed by atoms with van der Waals surface area (Å²) < 4.78 is 41.4. The van der Waals surface area contributed by atoms with E-state index in [9.17, 15) is 13.2 Å². The van der Waals surface area contributed by atoms with E-state index in [4.69, 9.17) is 0 Å². The summed E-state index contributed by atoms with van der Waals surface area (Å²) in [6, 6.07) is 4.93. The lowest BCUT2D eigenvalue weighted by molar-refractivity contribution is -0.274. The molecule has 0 saturated carbocycles. The van der Waals surface area contributed by atoms with E-state index in [1.807, 2.05) is 6.07 Å². The first kappa shape index (κ1) is 13.5. The van der Waals surface area contributed by atoms with Crippen molar-refractivity contribution in [2.45, 2.75) is 24.6 Å². The number of para-hydroxylation sites is 1. The van der Waals surface area contributed by atoms with Crippen LogP contribution in [0.4, 0.5) is 18.9 Å². The van der Waals surface area contributed by atoms with Gasteiger partial charge in [-0.1, -0.05) is 12.1 Å². The number of anilines is 1. The van der Waals surface area contributed by atoms with Crippen molar-refractivity contribution < 1.29 is 17.9 Å². The predicted molar refractivity (Wildman–Crippen MR) is 70.0 cm³/mol. The molecule has 0 aromatic heterocycles. The number of alkyl halides is 3. The molecule has 0 aliphatic carbocycles. The molecule has 3 nitrogen and oxygen atoms in total. The van der Waals surface area contributed by atoms with Crippen LogP contribution in [0, 0.1) is 0 Å². The van der Waals surface area contributed by atoms with Gasteiger partial charge in [0.25, 0.3) is 0 Å². The molecule has 1 aromatic carbocycles. The standard InChI is InChI=1S/C14H17F3N2O/c1-19-7-5-13(6-8-19)9-18-12-10(13)3-2-4-11(12)20-14(15,16)17/h2-4,18H,5-9H2,1H3. The zero-order chi connectivity index (χ0) is 14.4. The molecule has 20 heavy (non-hydrogen) atoms. The van der Waals surface area contributed by atoms with Crippen molar-refractivity contribution in [2.75, 3.05) is 32.0 Å². The molecule has 0 bridgehead atoms. The van der Waals surface area contributed by atoms with Crippen LogP contribution in [-0.4, -0.2) is 37.9 Å². The van der Waals surface area contributed by atoms with E-state index in [1.165, 1.54) is 6.07 Å². The lowest BCUT2D eigenvalue weighted by atomic mass is 9.74. The summed E-state index contributed by atoms with van der Waals surface area (Å²) in [5, 5.41) is 3.12. The molecule has 1 N–H and O–H groups in total. The molecular weight excluding hydrogens is 269 g/mol. The van der Waals surface area contributed by atoms with Crippen LogP contribution in [0.25, 0.3) is 0 Å². The minimum absolute atomic E-state index is 0.0488. The van der Waals surface area contributed by atoms with Gasteiger partial charge < -0.3 is 15.0 Å². The molecular formula is C14H17F3N2O. The van der Waals surface area contributed by atoms with Gasteiger partial charge in [0, 0.05) is 12.0 Å². The van der Waals surface area contributed by atoms with E-state index >= 15 is 0 Å². The average Bonchev–Trinajstić information content (AvgIpc) is 2.72. The Kier molecular flexibility index (Phi) is 3.08. The second kappa shape index (κ2) is 4.55. The summed E-state index contributed by atoms with van der Waals surface area (Å²) in [5.74, 6) is -0.120. The third-order valence-electron chi connectivity index (χ3n) is 4.37. The summed E-state index contributed by atoms with van der Waals surface area (Å²) in [6.07, 6.45) is -2.74. The Morgan fingerprint density at radius 2 is 1.95 bits per heavy atom. The number of rotatable bonds is 1. The smallest absolute Gasteiger partial charge is 0.404 e. The normalized spacial score (nSPS) is 21.6. The van der Waals surface area contributed by atoms with Gasteiger partial charge in [0.05, 0.1) is 5.69 Å². The number of likely N-dealkylation sites (tertiary alicyclic amines) is 1. The van der Waals surface area contributed by atoms with E-state index in [0.717, 1.165) is 31.5 Å². The largest absolute Gasteiger partial charge is 0.573 e. The SMILES string of the molecule is CN1CCC2(CC1)CNc1c(OC(F)(F)F)cccc12. The van der Waals surface area contributed by atoms with Crippen molar-refractivity contribution in [3.05, 3.63) is 23.8 Å². The fourth-order valence-corrected chi connectivity index (χ4v) is 3.21. The highest BCUT2D eigenvalue weighted by molar-refractivity contribution is 5.68. The monoisotopic (exact) mass is 286 g/mol. The Bertz CT molecular complexity index is 508. The Hall–Kier alpha value is -1.43. The highest BCUT2D eigenvalue weighted by Crippen LogP contribution is 2.48. The van der Waals surface area contributed by atoms with Crippen molar-refractivity contribution in [3.63, 3.8) is 0 Å². The summed E-state index contributed by atoms with van der Waals surface area (Å²) in [7, 11) is 2.07. The first-order valence-electron chi connectivity index (χ1n) is 6.71. The molecule has 1 fully saturated rings. The van der Waals surface area contributed by atoms with Crippen LogP contribution in [0.5, 0.6) is 5.75 Å². The predicted octanol–water partition coefficient (Wildman–Crippen LogP) is 2.97. The molecule has 2 heterocycles. The zero-order valence-corrected chi connectivity index (χ0v) is 11.3. The number of halogens is 3. The fourth-order valence-electron chi connectivity index (χ4n) is 3.21. The van der Waals surface area contributed by atoms with Gasteiger partial charge in [0.1, 0.15) is 0 Å². The molecule has 1 spiro atoms. The van der Waals surface area contributed by atoms with E-state index in [1.54, 1.807) is 6.07 Å². The molecule has 1 saturated heterocycles. The van der Waals surface area contributed by atoms with Crippen molar-refractivity contribution in [2.24, 2.45) is 0 Å². The molecule has 0 amide bonds. The topological polar surface area (TPSA) is 24.5 Å². The third-order valence-corrected chi connectivity index (χ3v) is 4.37. The molecule has 6 heteroatoms.